The van der Waals surface area contributed by atoms with Crippen LogP contribution in [0.3, 0.4) is 0 Å². The number of ether oxygens (including phenoxy) is 1. The van der Waals surface area contributed by atoms with Crippen molar-refractivity contribution in [2.45, 2.75) is 0 Å². The Morgan fingerprint density at radius 3 is 2.51 bits per heavy atom. The number of phenolic OH excluding ortho intramolecular Hbond substituents is 1. The van der Waals surface area contributed by atoms with Crippen LogP contribution in [0, 0.1) is 0 Å². The van der Waals surface area contributed by atoms with Crippen molar-refractivity contribution in [3.63, 3.8) is 0 Å². The van der Waals surface area contributed by atoms with E-state index in [4.69, 9.17) is 14.9 Å². The second-order valence-corrected chi connectivity index (χ2v) is 8.80. The monoisotopic (exact) mass is 471 g/mol. The van der Waals surface area contributed by atoms with Crippen LogP contribution in [0.15, 0.2) is 57.7 Å². The number of piperazine rings is 1. The summed E-state index contributed by atoms with van der Waals surface area (Å²) in [6, 6.07) is 15.2. The Bertz CT molecular complexity index is 1630. The Balaban J connectivity index is 1.36. The molecule has 0 radical (unpaired) electrons. The predicted molar refractivity (Wildman–Crippen MR) is 138 cm³/mol. The Hall–Kier alpha value is -4.40. The third-order valence-electron chi connectivity index (χ3n) is 6.82. The largest absolute Gasteiger partial charge is 0.507 e. The molecule has 5 aromatic rings. The van der Waals surface area contributed by atoms with E-state index in [2.05, 4.69) is 14.8 Å². The summed E-state index contributed by atoms with van der Waals surface area (Å²) in [4.78, 5) is 22.2. The summed E-state index contributed by atoms with van der Waals surface area (Å²) in [6.45, 7) is 2.91. The van der Waals surface area contributed by atoms with E-state index in [0.717, 1.165) is 48.5 Å². The summed E-state index contributed by atoms with van der Waals surface area (Å²) in [5.41, 5.74) is 10.5. The number of pyridine rings is 1. The maximum absolute atomic E-state index is 13.3. The maximum atomic E-state index is 13.3. The van der Waals surface area contributed by atoms with Gasteiger partial charge in [-0.1, -0.05) is 12.1 Å². The van der Waals surface area contributed by atoms with Crippen LogP contribution in [0.2, 0.25) is 0 Å². The highest BCUT2D eigenvalue weighted by Crippen LogP contribution is 2.34. The van der Waals surface area contributed by atoms with Gasteiger partial charge >= 0.3 is 0 Å². The van der Waals surface area contributed by atoms with Gasteiger partial charge in [-0.25, -0.2) is 0 Å². The molecule has 0 atom stereocenters. The molecule has 178 valence electrons. The van der Waals surface area contributed by atoms with Gasteiger partial charge in [-0.05, 0) is 24.3 Å². The van der Waals surface area contributed by atoms with Crippen molar-refractivity contribution >= 4 is 50.3 Å². The molecular weight excluding hydrogens is 446 g/mol. The number of oxazole rings is 1. The van der Waals surface area contributed by atoms with E-state index in [1.54, 1.807) is 12.1 Å². The summed E-state index contributed by atoms with van der Waals surface area (Å²) >= 11 is 0. The van der Waals surface area contributed by atoms with Gasteiger partial charge in [-0.15, -0.1) is 0 Å². The molecular formula is C26H25N5O4. The number of fused-ring (bicyclic) bond motifs is 3. The van der Waals surface area contributed by atoms with Crippen LogP contribution in [-0.4, -0.2) is 47.9 Å². The molecule has 1 fully saturated rings. The van der Waals surface area contributed by atoms with Crippen LogP contribution in [-0.2, 0) is 7.05 Å². The standard InChI is InChI=1S/C26H25N5O4/c1-29-19-14-20(17(27)13-16(19)25(33)24-21(29)11-15(34-2)12-22(24)32)30-7-9-31(10-8-30)26-28-18-5-3-4-6-23(18)35-26/h3-6,11-14,32H,7-10,27H2,1-2H3. The van der Waals surface area contributed by atoms with E-state index in [-0.39, 0.29) is 16.6 Å². The third kappa shape index (κ3) is 3.30. The Kier molecular flexibility index (Phi) is 4.73. The molecule has 3 heterocycles. The Morgan fingerprint density at radius 1 is 1.03 bits per heavy atom. The second-order valence-electron chi connectivity index (χ2n) is 8.80. The fourth-order valence-corrected chi connectivity index (χ4v) is 4.93. The number of aromatic hydroxyl groups is 1. The highest BCUT2D eigenvalue weighted by molar-refractivity contribution is 6.00. The summed E-state index contributed by atoms with van der Waals surface area (Å²) in [6.07, 6.45) is 0. The molecule has 0 unspecified atom stereocenters. The van der Waals surface area contributed by atoms with Crippen molar-refractivity contribution in [3.8, 4) is 11.5 Å². The van der Waals surface area contributed by atoms with E-state index < -0.39 is 0 Å². The van der Waals surface area contributed by atoms with Gasteiger partial charge in [0.05, 0.1) is 34.9 Å². The van der Waals surface area contributed by atoms with Gasteiger partial charge in [0.1, 0.15) is 17.0 Å². The quantitative estimate of drug-likeness (QED) is 0.304. The average molecular weight is 472 g/mol. The highest BCUT2D eigenvalue weighted by atomic mass is 16.5. The van der Waals surface area contributed by atoms with Crippen LogP contribution < -0.4 is 25.7 Å². The van der Waals surface area contributed by atoms with E-state index in [1.165, 1.54) is 13.2 Å². The van der Waals surface area contributed by atoms with Crippen LogP contribution in [0.25, 0.3) is 32.9 Å². The SMILES string of the molecule is COc1cc(O)c2c(=O)c3cc(N)c(N4CCN(c5nc6ccccc6o5)CC4)cc3n(C)c2c1. The fourth-order valence-electron chi connectivity index (χ4n) is 4.93. The molecule has 6 rings (SSSR count). The summed E-state index contributed by atoms with van der Waals surface area (Å²) in [5, 5.41) is 11.2. The van der Waals surface area contributed by atoms with Crippen molar-refractivity contribution in [1.29, 1.82) is 0 Å². The number of methoxy groups -OCH3 is 1. The summed E-state index contributed by atoms with van der Waals surface area (Å²) < 4.78 is 13.1. The Morgan fingerprint density at radius 2 is 1.77 bits per heavy atom. The molecule has 35 heavy (non-hydrogen) atoms. The van der Waals surface area contributed by atoms with Crippen molar-refractivity contribution in [3.05, 3.63) is 58.8 Å². The molecule has 3 aromatic carbocycles. The van der Waals surface area contributed by atoms with Crippen molar-refractivity contribution in [2.24, 2.45) is 7.05 Å². The summed E-state index contributed by atoms with van der Waals surface area (Å²) in [7, 11) is 3.40. The smallest absolute Gasteiger partial charge is 0.298 e. The number of anilines is 3. The van der Waals surface area contributed by atoms with Crippen LogP contribution in [0.5, 0.6) is 11.5 Å². The van der Waals surface area contributed by atoms with Crippen LogP contribution >= 0.6 is 0 Å². The van der Waals surface area contributed by atoms with Crippen LogP contribution in [0.1, 0.15) is 0 Å². The zero-order valence-electron chi connectivity index (χ0n) is 19.5. The van der Waals surface area contributed by atoms with Gasteiger partial charge in [0.15, 0.2) is 5.58 Å². The molecule has 9 nitrogen and oxygen atoms in total. The normalized spacial score (nSPS) is 14.3. The number of phenols is 1. The predicted octanol–water partition coefficient (Wildman–Crippen LogP) is 3.46. The van der Waals surface area contributed by atoms with Gasteiger partial charge in [-0.3, -0.25) is 4.79 Å². The molecule has 0 amide bonds. The van der Waals surface area contributed by atoms with Gasteiger partial charge in [0.25, 0.3) is 6.01 Å². The lowest BCUT2D eigenvalue weighted by molar-refractivity contribution is 0.409. The number of nitrogens with two attached hydrogens (primary N) is 1. The number of para-hydroxylation sites is 2. The molecule has 9 heteroatoms. The highest BCUT2D eigenvalue weighted by Gasteiger charge is 2.24. The first-order valence-electron chi connectivity index (χ1n) is 11.4. The van der Waals surface area contributed by atoms with E-state index in [1.807, 2.05) is 41.9 Å². The number of nitrogen functional groups attached to an aromatic ring is 1. The second kappa shape index (κ2) is 7.83. The first kappa shape index (κ1) is 21.2. The van der Waals surface area contributed by atoms with Crippen LogP contribution in [0.4, 0.5) is 17.4 Å². The van der Waals surface area contributed by atoms with Crippen molar-refractivity contribution in [2.75, 3.05) is 48.8 Å². The minimum atomic E-state index is -0.257. The average Bonchev–Trinajstić information content (AvgIpc) is 3.31. The molecule has 3 N–H and O–H groups in total. The van der Waals surface area contributed by atoms with Gasteiger partial charge in [-0.2, -0.15) is 4.98 Å². The first-order valence-corrected chi connectivity index (χ1v) is 11.4. The molecule has 0 spiro atoms. The fraction of sp³-hybridized carbons (Fsp3) is 0.231. The lowest BCUT2D eigenvalue weighted by atomic mass is 10.1. The lowest BCUT2D eigenvalue weighted by Gasteiger charge is -2.36. The molecule has 0 bridgehead atoms. The molecule has 2 aromatic heterocycles. The van der Waals surface area contributed by atoms with Gasteiger partial charge in [0, 0.05) is 50.7 Å². The molecule has 1 aliphatic rings. The lowest BCUT2D eigenvalue weighted by Crippen LogP contribution is -2.46. The molecule has 1 saturated heterocycles. The maximum Gasteiger partial charge on any atom is 0.298 e. The van der Waals surface area contributed by atoms with Crippen molar-refractivity contribution in [1.82, 2.24) is 9.55 Å². The number of aryl methyl sites for hydroxylation is 1. The first-order chi connectivity index (χ1) is 16.9. The molecule has 0 aliphatic carbocycles. The minimum Gasteiger partial charge on any atom is -0.507 e. The van der Waals surface area contributed by atoms with E-state index in [0.29, 0.717) is 28.4 Å². The number of nitrogens with zero attached hydrogens (tertiary/aromatic N) is 4. The van der Waals surface area contributed by atoms with Gasteiger partial charge < -0.3 is 34.4 Å². The molecule has 1 aliphatic heterocycles. The third-order valence-corrected chi connectivity index (χ3v) is 6.82. The van der Waals surface area contributed by atoms with E-state index in [9.17, 15) is 9.90 Å². The number of benzene rings is 3. The Labute approximate surface area is 200 Å². The number of rotatable bonds is 3. The number of hydrogen-bond donors (Lipinski definition) is 2. The summed E-state index contributed by atoms with van der Waals surface area (Å²) in [5.74, 6) is 0.371. The number of aromatic nitrogens is 2. The minimum absolute atomic E-state index is 0.111. The number of hydrogen-bond acceptors (Lipinski definition) is 8. The van der Waals surface area contributed by atoms with Crippen molar-refractivity contribution < 1.29 is 14.3 Å². The zero-order valence-corrected chi connectivity index (χ0v) is 19.5. The van der Waals surface area contributed by atoms with Gasteiger partial charge in [0.2, 0.25) is 5.43 Å². The van der Waals surface area contributed by atoms with E-state index >= 15 is 0 Å². The molecule has 0 saturated carbocycles. The zero-order chi connectivity index (χ0) is 24.3. The topological polar surface area (TPSA) is 110 Å².